The minimum atomic E-state index is -1.18. The lowest BCUT2D eigenvalue weighted by Crippen LogP contribution is -2.26. The number of fused-ring (bicyclic) bond motifs is 3. The van der Waals surface area contributed by atoms with Gasteiger partial charge in [-0.3, -0.25) is 4.79 Å². The van der Waals surface area contributed by atoms with Gasteiger partial charge in [-0.05, 0) is 37.0 Å². The van der Waals surface area contributed by atoms with E-state index in [1.165, 1.54) is 6.20 Å². The van der Waals surface area contributed by atoms with Crippen molar-refractivity contribution in [2.75, 3.05) is 27.4 Å². The summed E-state index contributed by atoms with van der Waals surface area (Å²) in [7, 11) is 3.25. The Morgan fingerprint density at radius 2 is 1.97 bits per heavy atom. The first-order chi connectivity index (χ1) is 14.5. The number of methoxy groups -OCH3 is 2. The lowest BCUT2D eigenvalue weighted by Gasteiger charge is -2.27. The zero-order valence-electron chi connectivity index (χ0n) is 17.8. The van der Waals surface area contributed by atoms with Crippen LogP contribution in [-0.4, -0.2) is 43.1 Å². The molecule has 1 aliphatic heterocycles. The third kappa shape index (κ3) is 4.36. The minimum absolute atomic E-state index is 0.168. The average Bonchev–Trinajstić information content (AvgIpc) is 2.74. The van der Waals surface area contributed by atoms with Crippen LogP contribution in [0.4, 0.5) is 0 Å². The molecule has 0 aliphatic carbocycles. The molecule has 30 heavy (non-hydrogen) atoms. The summed E-state index contributed by atoms with van der Waals surface area (Å²) in [6.07, 6.45) is 5.24. The van der Waals surface area contributed by atoms with Crippen LogP contribution in [0, 0.1) is 0 Å². The summed E-state index contributed by atoms with van der Waals surface area (Å²) in [5.74, 6) is 0.0764. The zero-order valence-corrected chi connectivity index (χ0v) is 17.8. The van der Waals surface area contributed by atoms with Crippen molar-refractivity contribution in [3.8, 4) is 22.8 Å². The molecule has 7 heteroatoms. The third-order valence-corrected chi connectivity index (χ3v) is 5.40. The highest BCUT2D eigenvalue weighted by molar-refractivity contribution is 5.88. The van der Waals surface area contributed by atoms with Gasteiger partial charge in [0.05, 0.1) is 19.4 Å². The van der Waals surface area contributed by atoms with Gasteiger partial charge < -0.3 is 23.9 Å². The van der Waals surface area contributed by atoms with Crippen LogP contribution < -0.4 is 14.9 Å². The van der Waals surface area contributed by atoms with Crippen molar-refractivity contribution in [3.05, 3.63) is 45.2 Å². The maximum Gasteiger partial charge on any atom is 0.341 e. The van der Waals surface area contributed by atoms with Gasteiger partial charge in [-0.1, -0.05) is 13.3 Å². The van der Waals surface area contributed by atoms with Gasteiger partial charge >= 0.3 is 5.97 Å². The highest BCUT2D eigenvalue weighted by Gasteiger charge is 2.26. The van der Waals surface area contributed by atoms with E-state index < -0.39 is 11.4 Å². The summed E-state index contributed by atoms with van der Waals surface area (Å²) in [4.78, 5) is 24.6. The number of nitrogens with zero attached hydrogens (tertiary/aromatic N) is 1. The van der Waals surface area contributed by atoms with E-state index in [0.717, 1.165) is 42.5 Å². The number of carbonyl (C=O) groups is 1. The van der Waals surface area contributed by atoms with E-state index >= 15 is 0 Å². The zero-order chi connectivity index (χ0) is 21.7. The van der Waals surface area contributed by atoms with E-state index in [1.807, 2.05) is 16.7 Å². The highest BCUT2D eigenvalue weighted by Crippen LogP contribution is 2.39. The van der Waals surface area contributed by atoms with Gasteiger partial charge in [0.25, 0.3) is 0 Å². The Hall–Kier alpha value is -2.80. The molecular formula is C23H29NO6. The molecule has 3 rings (SSSR count). The molecule has 0 atom stereocenters. The molecule has 7 nitrogen and oxygen atoms in total. The van der Waals surface area contributed by atoms with E-state index in [1.54, 1.807) is 14.2 Å². The van der Waals surface area contributed by atoms with E-state index in [4.69, 9.17) is 14.2 Å². The number of carboxylic acid groups (broad SMARTS) is 1. The fourth-order valence-electron chi connectivity index (χ4n) is 3.88. The van der Waals surface area contributed by atoms with Crippen LogP contribution in [0.2, 0.25) is 0 Å². The Morgan fingerprint density at radius 1 is 1.17 bits per heavy atom. The van der Waals surface area contributed by atoms with Crippen molar-refractivity contribution in [2.24, 2.45) is 0 Å². The number of aryl methyl sites for hydroxylation is 2. The number of unbranched alkanes of at least 4 members (excludes halogenated alkanes) is 1. The number of benzene rings is 1. The maximum atomic E-state index is 13.0. The first-order valence-corrected chi connectivity index (χ1v) is 10.3. The summed E-state index contributed by atoms with van der Waals surface area (Å²) >= 11 is 0. The number of hydrogen-bond donors (Lipinski definition) is 1. The van der Waals surface area contributed by atoms with E-state index in [0.29, 0.717) is 43.2 Å². The molecule has 0 fully saturated rings. The summed E-state index contributed by atoms with van der Waals surface area (Å²) in [6, 6.07) is 3.88. The molecular weight excluding hydrogens is 386 g/mol. The molecule has 0 amide bonds. The van der Waals surface area contributed by atoms with Crippen LogP contribution in [-0.2, 0) is 24.1 Å². The molecule has 0 unspecified atom stereocenters. The predicted octanol–water partition coefficient (Wildman–Crippen LogP) is 3.54. The first kappa shape index (κ1) is 21.9. The molecule has 0 bridgehead atoms. The second kappa shape index (κ2) is 9.80. The lowest BCUT2D eigenvalue weighted by atomic mass is 9.91. The number of ether oxygens (including phenoxy) is 3. The van der Waals surface area contributed by atoms with Crippen molar-refractivity contribution in [3.63, 3.8) is 0 Å². The predicted molar refractivity (Wildman–Crippen MR) is 114 cm³/mol. The van der Waals surface area contributed by atoms with Crippen LogP contribution in [0.25, 0.3) is 11.3 Å². The van der Waals surface area contributed by atoms with Gasteiger partial charge in [-0.15, -0.1) is 0 Å². The van der Waals surface area contributed by atoms with E-state index in [2.05, 4.69) is 6.92 Å². The number of aromatic nitrogens is 1. The molecule has 2 aromatic rings. The average molecular weight is 415 g/mol. The Bertz CT molecular complexity index is 979. The van der Waals surface area contributed by atoms with E-state index in [9.17, 15) is 14.7 Å². The third-order valence-electron chi connectivity index (χ3n) is 5.40. The molecule has 0 radical (unpaired) electrons. The molecule has 162 valence electrons. The van der Waals surface area contributed by atoms with Crippen LogP contribution in [0.3, 0.4) is 0 Å². The largest absolute Gasteiger partial charge is 0.493 e. The smallest absolute Gasteiger partial charge is 0.341 e. The van der Waals surface area contributed by atoms with Crippen molar-refractivity contribution in [1.82, 2.24) is 4.57 Å². The summed E-state index contributed by atoms with van der Waals surface area (Å²) in [6.45, 7) is 3.80. The number of aromatic carboxylic acids is 1. The van der Waals surface area contributed by atoms with Crippen molar-refractivity contribution < 1.29 is 24.1 Å². The van der Waals surface area contributed by atoms with Gasteiger partial charge in [0, 0.05) is 44.0 Å². The van der Waals surface area contributed by atoms with Crippen molar-refractivity contribution >= 4 is 5.97 Å². The van der Waals surface area contributed by atoms with Crippen LogP contribution in [0.5, 0.6) is 11.5 Å². The SMILES string of the molecule is CCCCc1c2n(cc(C(=O)O)c1=O)CCc1cc(OCCCOC)c(OC)cc1-2. The number of rotatable bonds is 10. The molecule has 1 aromatic heterocycles. The number of carboxylic acids is 1. The first-order valence-electron chi connectivity index (χ1n) is 10.3. The lowest BCUT2D eigenvalue weighted by molar-refractivity contribution is 0.0694. The van der Waals surface area contributed by atoms with E-state index in [-0.39, 0.29) is 5.56 Å². The molecule has 1 N–H and O–H groups in total. The minimum Gasteiger partial charge on any atom is -0.493 e. The van der Waals surface area contributed by atoms with Crippen LogP contribution in [0.1, 0.15) is 47.7 Å². The Labute approximate surface area is 176 Å². The van der Waals surface area contributed by atoms with Crippen molar-refractivity contribution in [2.45, 2.75) is 45.6 Å². The Morgan fingerprint density at radius 3 is 2.63 bits per heavy atom. The van der Waals surface area contributed by atoms with Gasteiger partial charge in [0.15, 0.2) is 16.9 Å². The van der Waals surface area contributed by atoms with Gasteiger partial charge in [-0.25, -0.2) is 4.79 Å². The number of pyridine rings is 1. The van der Waals surface area contributed by atoms with Gasteiger partial charge in [0.2, 0.25) is 0 Å². The Balaban J connectivity index is 2.10. The monoisotopic (exact) mass is 415 g/mol. The molecule has 1 aliphatic rings. The maximum absolute atomic E-state index is 13.0. The quantitative estimate of drug-likeness (QED) is 0.598. The normalized spacial score (nSPS) is 12.2. The second-order valence-electron chi connectivity index (χ2n) is 7.41. The van der Waals surface area contributed by atoms with Crippen LogP contribution in [0.15, 0.2) is 23.1 Å². The molecule has 0 spiro atoms. The standard InChI is InChI=1S/C23H29NO6/c1-4-5-7-16-21-17-13-19(29-3)20(30-11-6-10-28-2)12-15(17)8-9-24(21)14-18(22(16)25)23(26)27/h12-14H,4-11H2,1-3H3,(H,26,27). The van der Waals surface area contributed by atoms with Crippen LogP contribution >= 0.6 is 0 Å². The van der Waals surface area contributed by atoms with Gasteiger partial charge in [-0.2, -0.15) is 0 Å². The fraction of sp³-hybridized carbons (Fsp3) is 0.478. The molecule has 0 saturated heterocycles. The topological polar surface area (TPSA) is 87.0 Å². The molecule has 0 saturated carbocycles. The molecule has 2 heterocycles. The summed E-state index contributed by atoms with van der Waals surface area (Å²) < 4.78 is 18.4. The second-order valence-corrected chi connectivity index (χ2v) is 7.41. The number of hydrogen-bond acceptors (Lipinski definition) is 5. The summed E-state index contributed by atoms with van der Waals surface area (Å²) in [5.41, 5.74) is 2.77. The molecule has 1 aromatic carbocycles. The highest BCUT2D eigenvalue weighted by atomic mass is 16.5. The Kier molecular flexibility index (Phi) is 7.15. The van der Waals surface area contributed by atoms with Gasteiger partial charge in [0.1, 0.15) is 5.56 Å². The summed E-state index contributed by atoms with van der Waals surface area (Å²) in [5, 5.41) is 9.49. The van der Waals surface area contributed by atoms with Crippen molar-refractivity contribution in [1.29, 1.82) is 0 Å². The fourth-order valence-corrected chi connectivity index (χ4v) is 3.88.